The highest BCUT2D eigenvalue weighted by Crippen LogP contribution is 2.26. The van der Waals surface area contributed by atoms with Crippen LogP contribution in [-0.2, 0) is 6.61 Å². The number of nitro groups is 1. The fourth-order valence-electron chi connectivity index (χ4n) is 2.18. The van der Waals surface area contributed by atoms with Crippen LogP contribution in [0.3, 0.4) is 0 Å². The van der Waals surface area contributed by atoms with E-state index < -0.39 is 4.92 Å². The number of nitro benzene ring substituents is 1. The number of benzene rings is 2. The van der Waals surface area contributed by atoms with Gasteiger partial charge >= 0.3 is 0 Å². The molecule has 0 heterocycles. The number of rotatable bonds is 7. The van der Waals surface area contributed by atoms with Gasteiger partial charge < -0.3 is 15.2 Å². The predicted octanol–water partition coefficient (Wildman–Crippen LogP) is 3.27. The number of nitrogens with zero attached hydrogens (tertiary/aromatic N) is 1. The van der Waals surface area contributed by atoms with Crippen molar-refractivity contribution in [1.29, 1.82) is 0 Å². The van der Waals surface area contributed by atoms with Gasteiger partial charge in [-0.25, -0.2) is 0 Å². The Hall–Kier alpha value is -2.60. The van der Waals surface area contributed by atoms with E-state index in [4.69, 9.17) is 4.74 Å². The lowest BCUT2D eigenvalue weighted by molar-refractivity contribution is -0.384. The molecule has 0 radical (unpaired) electrons. The van der Waals surface area contributed by atoms with E-state index in [0.29, 0.717) is 17.8 Å². The average molecular weight is 316 g/mol. The van der Waals surface area contributed by atoms with Crippen LogP contribution in [0, 0.1) is 17.0 Å². The van der Waals surface area contributed by atoms with Gasteiger partial charge in [0.05, 0.1) is 18.1 Å². The van der Waals surface area contributed by atoms with Gasteiger partial charge in [-0.1, -0.05) is 18.2 Å². The van der Waals surface area contributed by atoms with Crippen LogP contribution in [0.4, 0.5) is 11.4 Å². The maximum absolute atomic E-state index is 11.1. The topological polar surface area (TPSA) is 84.6 Å². The van der Waals surface area contributed by atoms with Crippen molar-refractivity contribution in [2.24, 2.45) is 0 Å². The number of hydrogen-bond donors (Lipinski definition) is 2. The first-order chi connectivity index (χ1) is 11.0. The summed E-state index contributed by atoms with van der Waals surface area (Å²) in [6.45, 7) is 4.10. The molecule has 0 aliphatic rings. The molecule has 0 fully saturated rings. The summed E-state index contributed by atoms with van der Waals surface area (Å²) in [5, 5.41) is 23.3. The minimum atomic E-state index is -0.448. The highest BCUT2D eigenvalue weighted by Gasteiger charge is 2.15. The lowest BCUT2D eigenvalue weighted by Crippen LogP contribution is -2.23. The fourth-order valence-corrected chi connectivity index (χ4v) is 2.18. The molecule has 6 nitrogen and oxygen atoms in total. The van der Waals surface area contributed by atoms with Gasteiger partial charge in [0.15, 0.2) is 0 Å². The van der Waals surface area contributed by atoms with E-state index in [1.807, 2.05) is 38.1 Å². The molecule has 0 saturated carbocycles. The Balaban J connectivity index is 2.05. The second-order valence-electron chi connectivity index (χ2n) is 5.34. The first-order valence-corrected chi connectivity index (χ1v) is 7.35. The number of nitrogens with one attached hydrogen (secondary N) is 1. The third-order valence-electron chi connectivity index (χ3n) is 3.44. The molecule has 2 aromatic rings. The molecule has 23 heavy (non-hydrogen) atoms. The molecule has 0 aliphatic carbocycles. The van der Waals surface area contributed by atoms with Crippen molar-refractivity contribution < 1.29 is 14.8 Å². The molecule has 1 unspecified atom stereocenters. The smallest absolute Gasteiger partial charge is 0.292 e. The highest BCUT2D eigenvalue weighted by atomic mass is 16.6. The van der Waals surface area contributed by atoms with Crippen LogP contribution >= 0.6 is 0 Å². The van der Waals surface area contributed by atoms with E-state index in [1.54, 1.807) is 6.07 Å². The standard InChI is InChI=1S/C17H20N2O4/c1-12-5-3-4-6-17(12)23-13(2)10-18-15-9-14(11-20)7-8-16(15)19(21)22/h3-9,13,18,20H,10-11H2,1-2H3. The highest BCUT2D eigenvalue weighted by molar-refractivity contribution is 5.62. The maximum Gasteiger partial charge on any atom is 0.292 e. The molecule has 0 amide bonds. The summed E-state index contributed by atoms with van der Waals surface area (Å²) < 4.78 is 5.84. The monoisotopic (exact) mass is 316 g/mol. The summed E-state index contributed by atoms with van der Waals surface area (Å²) in [5.41, 5.74) is 2.00. The number of aryl methyl sites for hydroxylation is 1. The maximum atomic E-state index is 11.1. The lowest BCUT2D eigenvalue weighted by Gasteiger charge is -2.17. The van der Waals surface area contributed by atoms with Gasteiger partial charge in [-0.2, -0.15) is 0 Å². The number of para-hydroxylation sites is 1. The minimum Gasteiger partial charge on any atom is -0.489 e. The first-order valence-electron chi connectivity index (χ1n) is 7.35. The number of aliphatic hydroxyl groups excluding tert-OH is 1. The number of anilines is 1. The zero-order valence-electron chi connectivity index (χ0n) is 13.2. The molecule has 6 heteroatoms. The van der Waals surface area contributed by atoms with E-state index in [-0.39, 0.29) is 18.4 Å². The SMILES string of the molecule is Cc1ccccc1OC(C)CNc1cc(CO)ccc1[N+](=O)[O-]. The van der Waals surface area contributed by atoms with Gasteiger partial charge in [0.25, 0.3) is 5.69 Å². The van der Waals surface area contributed by atoms with Crippen LogP contribution in [0.1, 0.15) is 18.1 Å². The van der Waals surface area contributed by atoms with E-state index in [1.165, 1.54) is 12.1 Å². The molecule has 0 saturated heterocycles. The summed E-state index contributed by atoms with van der Waals surface area (Å²) in [5.74, 6) is 0.792. The van der Waals surface area contributed by atoms with Gasteiger partial charge in [0.2, 0.25) is 0 Å². The van der Waals surface area contributed by atoms with Gasteiger partial charge in [0, 0.05) is 6.07 Å². The fraction of sp³-hybridized carbons (Fsp3) is 0.294. The summed E-state index contributed by atoms with van der Waals surface area (Å²) in [7, 11) is 0. The molecular formula is C17H20N2O4. The average Bonchev–Trinajstić information content (AvgIpc) is 2.54. The van der Waals surface area contributed by atoms with Gasteiger partial charge in [-0.15, -0.1) is 0 Å². The Morgan fingerprint density at radius 2 is 2.04 bits per heavy atom. The zero-order valence-corrected chi connectivity index (χ0v) is 13.2. The molecule has 2 rings (SSSR count). The Labute approximate surface area is 134 Å². The Morgan fingerprint density at radius 1 is 1.30 bits per heavy atom. The molecule has 0 aromatic heterocycles. The van der Waals surface area contributed by atoms with E-state index in [2.05, 4.69) is 5.32 Å². The lowest BCUT2D eigenvalue weighted by atomic mass is 10.1. The molecule has 122 valence electrons. The van der Waals surface area contributed by atoms with Crippen LogP contribution in [0.15, 0.2) is 42.5 Å². The van der Waals surface area contributed by atoms with Crippen LogP contribution in [0.5, 0.6) is 5.75 Å². The van der Waals surface area contributed by atoms with Crippen molar-refractivity contribution >= 4 is 11.4 Å². The Bertz CT molecular complexity index is 688. The first kappa shape index (κ1) is 16.8. The molecular weight excluding hydrogens is 296 g/mol. The number of hydrogen-bond acceptors (Lipinski definition) is 5. The third kappa shape index (κ3) is 4.43. The minimum absolute atomic E-state index is 0.0229. The van der Waals surface area contributed by atoms with Crippen molar-refractivity contribution in [2.75, 3.05) is 11.9 Å². The van der Waals surface area contributed by atoms with Crippen molar-refractivity contribution in [1.82, 2.24) is 0 Å². The summed E-state index contributed by atoms with van der Waals surface area (Å²) in [6, 6.07) is 12.2. The third-order valence-corrected chi connectivity index (χ3v) is 3.44. The second kappa shape index (κ2) is 7.60. The number of aliphatic hydroxyl groups is 1. The van der Waals surface area contributed by atoms with E-state index >= 15 is 0 Å². The second-order valence-corrected chi connectivity index (χ2v) is 5.34. The van der Waals surface area contributed by atoms with Crippen LogP contribution < -0.4 is 10.1 Å². The van der Waals surface area contributed by atoms with Gasteiger partial charge in [-0.3, -0.25) is 10.1 Å². The van der Waals surface area contributed by atoms with Crippen LogP contribution in [0.2, 0.25) is 0 Å². The summed E-state index contributed by atoms with van der Waals surface area (Å²) >= 11 is 0. The van der Waals surface area contributed by atoms with Crippen molar-refractivity contribution in [2.45, 2.75) is 26.6 Å². The van der Waals surface area contributed by atoms with E-state index in [0.717, 1.165) is 11.3 Å². The summed E-state index contributed by atoms with van der Waals surface area (Å²) in [6.07, 6.45) is -0.173. The van der Waals surface area contributed by atoms with Crippen molar-refractivity contribution in [3.63, 3.8) is 0 Å². The molecule has 2 N–H and O–H groups in total. The zero-order chi connectivity index (χ0) is 16.8. The van der Waals surface area contributed by atoms with Gasteiger partial charge in [0.1, 0.15) is 17.5 Å². The van der Waals surface area contributed by atoms with Gasteiger partial charge in [-0.05, 0) is 43.2 Å². The normalized spacial score (nSPS) is 11.8. The molecule has 0 spiro atoms. The quantitative estimate of drug-likeness (QED) is 0.605. The van der Waals surface area contributed by atoms with E-state index in [9.17, 15) is 15.2 Å². The van der Waals surface area contributed by atoms with Crippen molar-refractivity contribution in [3.8, 4) is 5.75 Å². The van der Waals surface area contributed by atoms with Crippen LogP contribution in [0.25, 0.3) is 0 Å². The number of ether oxygens (including phenoxy) is 1. The predicted molar refractivity (Wildman–Crippen MR) is 88.8 cm³/mol. The largest absolute Gasteiger partial charge is 0.489 e. The van der Waals surface area contributed by atoms with Crippen LogP contribution in [-0.4, -0.2) is 22.7 Å². The molecule has 2 aromatic carbocycles. The Morgan fingerprint density at radius 3 is 2.70 bits per heavy atom. The van der Waals surface area contributed by atoms with Crippen molar-refractivity contribution in [3.05, 3.63) is 63.7 Å². The molecule has 0 aliphatic heterocycles. The Kier molecular flexibility index (Phi) is 5.54. The molecule has 1 atom stereocenters. The summed E-state index contributed by atoms with van der Waals surface area (Å²) in [4.78, 5) is 10.6. The molecule has 0 bridgehead atoms.